The normalized spacial score (nSPS) is 10.5. The Balaban J connectivity index is 2.43. The third-order valence-corrected chi connectivity index (χ3v) is 3.35. The molecule has 0 N–H and O–H groups in total. The van der Waals surface area contributed by atoms with Crippen molar-refractivity contribution in [3.63, 3.8) is 0 Å². The second-order valence-corrected chi connectivity index (χ2v) is 4.51. The van der Waals surface area contributed by atoms with Gasteiger partial charge in [0.05, 0.1) is 5.69 Å². The van der Waals surface area contributed by atoms with Crippen LogP contribution >= 0.6 is 11.6 Å². The third-order valence-electron chi connectivity index (χ3n) is 3.06. The van der Waals surface area contributed by atoms with E-state index in [0.29, 0.717) is 18.1 Å². The summed E-state index contributed by atoms with van der Waals surface area (Å²) in [4.78, 5) is 6.36. The zero-order valence-corrected chi connectivity index (χ0v) is 11.8. The average Bonchev–Trinajstić information content (AvgIpc) is 2.42. The Morgan fingerprint density at radius 1 is 1.21 bits per heavy atom. The molecule has 0 atom stereocenters. The molecule has 1 aromatic carbocycles. The topological polar surface area (TPSA) is 16.1 Å². The fraction of sp³-hybridized carbons (Fsp3) is 0.267. The molecule has 100 valence electrons. The number of benzene rings is 1. The van der Waals surface area contributed by atoms with Crippen molar-refractivity contribution in [1.29, 1.82) is 0 Å². The van der Waals surface area contributed by atoms with Gasteiger partial charge in [0.15, 0.2) is 0 Å². The van der Waals surface area contributed by atoms with E-state index in [2.05, 4.69) is 4.98 Å². The fourth-order valence-electron chi connectivity index (χ4n) is 1.99. The number of aromatic nitrogens is 1. The predicted octanol–water partition coefficient (Wildman–Crippen LogP) is 4.43. The molecule has 0 fully saturated rings. The van der Waals surface area contributed by atoms with Crippen molar-refractivity contribution < 1.29 is 4.39 Å². The van der Waals surface area contributed by atoms with Crippen molar-refractivity contribution in [2.24, 2.45) is 0 Å². The highest BCUT2D eigenvalue weighted by Gasteiger charge is 2.13. The number of nitrogens with zero attached hydrogens (tertiary/aromatic N) is 2. The number of anilines is 2. The van der Waals surface area contributed by atoms with Crippen molar-refractivity contribution in [3.8, 4) is 0 Å². The maximum atomic E-state index is 13.9. The molecule has 1 aromatic heterocycles. The van der Waals surface area contributed by atoms with Crippen LogP contribution in [-0.2, 0) is 5.88 Å². The Morgan fingerprint density at radius 3 is 2.53 bits per heavy atom. The van der Waals surface area contributed by atoms with Gasteiger partial charge in [-0.2, -0.15) is 0 Å². The fourth-order valence-corrected chi connectivity index (χ4v) is 2.28. The highest BCUT2D eigenvalue weighted by atomic mass is 35.5. The molecule has 1 heterocycles. The lowest BCUT2D eigenvalue weighted by Crippen LogP contribution is -2.19. The molecule has 0 aliphatic carbocycles. The highest BCUT2D eigenvalue weighted by molar-refractivity contribution is 6.17. The van der Waals surface area contributed by atoms with Crippen LogP contribution < -0.4 is 4.90 Å². The first-order valence-corrected chi connectivity index (χ1v) is 6.75. The number of rotatable bonds is 4. The molecule has 0 aliphatic rings. The number of halogens is 2. The van der Waals surface area contributed by atoms with Gasteiger partial charge >= 0.3 is 0 Å². The van der Waals surface area contributed by atoms with Crippen LogP contribution in [0.4, 0.5) is 15.9 Å². The van der Waals surface area contributed by atoms with E-state index in [1.165, 1.54) is 6.07 Å². The molecular formula is C15H16ClFN2. The second-order valence-electron chi connectivity index (χ2n) is 4.24. The summed E-state index contributed by atoms with van der Waals surface area (Å²) in [5, 5.41) is 0. The van der Waals surface area contributed by atoms with Gasteiger partial charge in [-0.1, -0.05) is 18.2 Å². The SMILES string of the molecule is CCN(c1ccc(CCl)c(C)n1)c1ccccc1F. The molecule has 0 radical (unpaired) electrons. The molecule has 19 heavy (non-hydrogen) atoms. The molecule has 2 nitrogen and oxygen atoms in total. The van der Waals surface area contributed by atoms with Gasteiger partial charge in [-0.3, -0.25) is 0 Å². The summed E-state index contributed by atoms with van der Waals surface area (Å²) in [7, 11) is 0. The molecule has 0 amide bonds. The Hall–Kier alpha value is -1.61. The number of hydrogen-bond acceptors (Lipinski definition) is 2. The van der Waals surface area contributed by atoms with Gasteiger partial charge in [-0.25, -0.2) is 9.37 Å². The molecule has 2 aromatic rings. The van der Waals surface area contributed by atoms with Crippen molar-refractivity contribution in [1.82, 2.24) is 4.98 Å². The van der Waals surface area contributed by atoms with E-state index < -0.39 is 0 Å². The van der Waals surface area contributed by atoms with Crippen LogP contribution in [0.15, 0.2) is 36.4 Å². The molecule has 0 aliphatic heterocycles. The molecule has 0 unspecified atom stereocenters. The van der Waals surface area contributed by atoms with Crippen LogP contribution in [0.5, 0.6) is 0 Å². The molecule has 4 heteroatoms. The lowest BCUT2D eigenvalue weighted by atomic mass is 10.2. The molecule has 0 saturated carbocycles. The minimum atomic E-state index is -0.245. The number of para-hydroxylation sites is 1. The zero-order valence-electron chi connectivity index (χ0n) is 11.0. The average molecular weight is 279 g/mol. The van der Waals surface area contributed by atoms with Gasteiger partial charge in [-0.05, 0) is 37.6 Å². The van der Waals surface area contributed by atoms with Crippen molar-refractivity contribution in [2.75, 3.05) is 11.4 Å². The number of pyridine rings is 1. The molecular weight excluding hydrogens is 263 g/mol. The molecule has 0 saturated heterocycles. The van der Waals surface area contributed by atoms with Crippen LogP contribution in [0.2, 0.25) is 0 Å². The molecule has 2 rings (SSSR count). The lowest BCUT2D eigenvalue weighted by Gasteiger charge is -2.23. The summed E-state index contributed by atoms with van der Waals surface area (Å²) in [6.45, 7) is 4.53. The van der Waals surface area contributed by atoms with E-state index in [4.69, 9.17) is 11.6 Å². The lowest BCUT2D eigenvalue weighted by molar-refractivity contribution is 0.625. The maximum absolute atomic E-state index is 13.9. The van der Waals surface area contributed by atoms with E-state index in [-0.39, 0.29) is 5.82 Å². The minimum Gasteiger partial charge on any atom is -0.324 e. The standard InChI is InChI=1S/C15H16ClFN2/c1-3-19(14-7-5-4-6-13(14)17)15-9-8-12(10-16)11(2)18-15/h4-9H,3,10H2,1-2H3. The van der Waals surface area contributed by atoms with E-state index >= 15 is 0 Å². The van der Waals surface area contributed by atoms with Crippen molar-refractivity contribution in [2.45, 2.75) is 19.7 Å². The zero-order chi connectivity index (χ0) is 13.8. The summed E-state index contributed by atoms with van der Waals surface area (Å²) >= 11 is 5.83. The quantitative estimate of drug-likeness (QED) is 0.769. The van der Waals surface area contributed by atoms with E-state index in [1.807, 2.05) is 36.9 Å². The van der Waals surface area contributed by atoms with E-state index in [1.54, 1.807) is 12.1 Å². The summed E-state index contributed by atoms with van der Waals surface area (Å²) < 4.78 is 13.9. The van der Waals surface area contributed by atoms with Crippen LogP contribution in [0.3, 0.4) is 0 Å². The summed E-state index contributed by atoms with van der Waals surface area (Å²) in [5.41, 5.74) is 2.41. The van der Waals surface area contributed by atoms with Crippen molar-refractivity contribution in [3.05, 3.63) is 53.5 Å². The van der Waals surface area contributed by atoms with Crippen LogP contribution in [0.1, 0.15) is 18.2 Å². The number of alkyl halides is 1. The van der Waals surface area contributed by atoms with Gasteiger partial charge < -0.3 is 4.90 Å². The summed E-state index contributed by atoms with van der Waals surface area (Å²) in [6, 6.07) is 10.5. The maximum Gasteiger partial charge on any atom is 0.146 e. The first kappa shape index (κ1) is 13.8. The monoisotopic (exact) mass is 278 g/mol. The Bertz CT molecular complexity index is 572. The van der Waals surface area contributed by atoms with Gasteiger partial charge in [-0.15, -0.1) is 11.6 Å². The Kier molecular flexibility index (Phi) is 4.38. The van der Waals surface area contributed by atoms with Crippen LogP contribution in [0, 0.1) is 12.7 Å². The third kappa shape index (κ3) is 2.87. The van der Waals surface area contributed by atoms with Gasteiger partial charge in [0.1, 0.15) is 11.6 Å². The van der Waals surface area contributed by atoms with E-state index in [0.717, 1.165) is 17.1 Å². The second kappa shape index (κ2) is 6.02. The summed E-state index contributed by atoms with van der Waals surface area (Å²) in [6.07, 6.45) is 0. The minimum absolute atomic E-state index is 0.245. The smallest absolute Gasteiger partial charge is 0.146 e. The number of aryl methyl sites for hydroxylation is 1. The van der Waals surface area contributed by atoms with Crippen LogP contribution in [0.25, 0.3) is 0 Å². The van der Waals surface area contributed by atoms with Gasteiger partial charge in [0, 0.05) is 18.1 Å². The van der Waals surface area contributed by atoms with Crippen molar-refractivity contribution >= 4 is 23.1 Å². The van der Waals surface area contributed by atoms with Gasteiger partial charge in [0.25, 0.3) is 0 Å². The molecule has 0 spiro atoms. The largest absolute Gasteiger partial charge is 0.324 e. The van der Waals surface area contributed by atoms with Crippen LogP contribution in [-0.4, -0.2) is 11.5 Å². The first-order valence-electron chi connectivity index (χ1n) is 6.22. The summed E-state index contributed by atoms with van der Waals surface area (Å²) in [5.74, 6) is 0.925. The molecule has 0 bridgehead atoms. The van der Waals surface area contributed by atoms with E-state index in [9.17, 15) is 4.39 Å². The Morgan fingerprint density at radius 2 is 1.95 bits per heavy atom. The highest BCUT2D eigenvalue weighted by Crippen LogP contribution is 2.26. The Labute approximate surface area is 117 Å². The predicted molar refractivity (Wildman–Crippen MR) is 77.6 cm³/mol. The first-order chi connectivity index (χ1) is 9.17. The van der Waals surface area contributed by atoms with Gasteiger partial charge in [0.2, 0.25) is 0 Å². The number of hydrogen-bond donors (Lipinski definition) is 0.